The Kier molecular flexibility index (Phi) is 8.55. The summed E-state index contributed by atoms with van der Waals surface area (Å²) in [5, 5.41) is 3.08. The molecule has 40 heavy (non-hydrogen) atoms. The lowest BCUT2D eigenvalue weighted by molar-refractivity contribution is -0.114. The van der Waals surface area contributed by atoms with E-state index < -0.39 is 0 Å². The number of carbonyl (C=O) groups excluding carboxylic acids is 3. The lowest BCUT2D eigenvalue weighted by Crippen LogP contribution is -2.46. The number of para-hydroxylation sites is 1. The lowest BCUT2D eigenvalue weighted by atomic mass is 10.0. The number of aryl methyl sites for hydroxylation is 1. The van der Waals surface area contributed by atoms with Crippen molar-refractivity contribution in [2.45, 2.75) is 44.2 Å². The van der Waals surface area contributed by atoms with Crippen molar-refractivity contribution in [3.63, 3.8) is 0 Å². The zero-order chi connectivity index (χ0) is 28.1. The molecule has 0 aromatic heterocycles. The van der Waals surface area contributed by atoms with Crippen LogP contribution in [-0.2, 0) is 16.1 Å². The molecule has 0 aliphatic carbocycles. The Hall–Kier alpha value is -4.04. The smallest absolute Gasteiger partial charge is 0.409 e. The lowest BCUT2D eigenvalue weighted by Gasteiger charge is -2.31. The molecule has 0 spiro atoms. The Morgan fingerprint density at radius 2 is 1.77 bits per heavy atom. The highest BCUT2D eigenvalue weighted by atomic mass is 32.2. The Bertz CT molecular complexity index is 1430. The quantitative estimate of drug-likeness (QED) is 0.376. The second-order valence-electron chi connectivity index (χ2n) is 10.0. The molecule has 0 unspecified atom stereocenters. The minimum atomic E-state index is -0.298. The van der Waals surface area contributed by atoms with Gasteiger partial charge in [0.25, 0.3) is 11.8 Å². The Morgan fingerprint density at radius 3 is 2.50 bits per heavy atom. The van der Waals surface area contributed by atoms with Gasteiger partial charge in [0.1, 0.15) is 0 Å². The molecule has 2 heterocycles. The van der Waals surface area contributed by atoms with Crippen LogP contribution in [-0.4, -0.2) is 48.5 Å². The molecule has 0 saturated carbocycles. The van der Waals surface area contributed by atoms with Gasteiger partial charge in [0.15, 0.2) is 0 Å². The first-order valence-electron chi connectivity index (χ1n) is 13.6. The predicted molar refractivity (Wildman–Crippen MR) is 158 cm³/mol. The zero-order valence-corrected chi connectivity index (χ0v) is 23.6. The summed E-state index contributed by atoms with van der Waals surface area (Å²) in [5.74, 6) is -0.184. The van der Waals surface area contributed by atoms with E-state index in [4.69, 9.17) is 4.74 Å². The zero-order valence-electron chi connectivity index (χ0n) is 22.8. The number of thioether (sulfide) groups is 1. The number of anilines is 1. The normalized spacial score (nSPS) is 16.6. The van der Waals surface area contributed by atoms with Crippen molar-refractivity contribution in [2.24, 2.45) is 0 Å². The summed E-state index contributed by atoms with van der Waals surface area (Å²) in [7, 11) is 0. The average molecular weight is 556 g/mol. The molecule has 3 aromatic carbocycles. The highest BCUT2D eigenvalue weighted by molar-refractivity contribution is 8.04. The van der Waals surface area contributed by atoms with Gasteiger partial charge in [-0.25, -0.2) is 4.79 Å². The van der Waals surface area contributed by atoms with Gasteiger partial charge in [0.05, 0.1) is 23.7 Å². The largest absolute Gasteiger partial charge is 0.450 e. The number of fused-ring (bicyclic) bond motifs is 1. The molecule has 5 rings (SSSR count). The van der Waals surface area contributed by atoms with E-state index in [1.54, 1.807) is 24.0 Å². The number of hydrogen-bond donors (Lipinski definition) is 1. The second kappa shape index (κ2) is 12.4. The number of amides is 3. The summed E-state index contributed by atoms with van der Waals surface area (Å²) in [6.07, 6.45) is 2.97. The maximum atomic E-state index is 13.6. The fraction of sp³-hybridized carbons (Fsp3) is 0.281. The minimum absolute atomic E-state index is 0.00989. The van der Waals surface area contributed by atoms with Gasteiger partial charge in [-0.1, -0.05) is 65.9 Å². The molecule has 3 amide bonds. The average Bonchev–Trinajstić information content (AvgIpc) is 2.96. The molecular formula is C32H33N3O4S. The molecular weight excluding hydrogens is 522 g/mol. The molecule has 1 saturated heterocycles. The number of rotatable bonds is 6. The number of carbonyl (C=O) groups is 3. The number of piperidine rings is 1. The van der Waals surface area contributed by atoms with Crippen molar-refractivity contribution in [3.8, 4) is 0 Å². The molecule has 7 nitrogen and oxygen atoms in total. The molecule has 1 fully saturated rings. The first-order chi connectivity index (χ1) is 19.4. The van der Waals surface area contributed by atoms with Crippen LogP contribution < -0.4 is 10.2 Å². The molecule has 0 radical (unpaired) electrons. The second-order valence-corrected chi connectivity index (χ2v) is 11.1. The summed E-state index contributed by atoms with van der Waals surface area (Å²) in [6, 6.07) is 23.5. The summed E-state index contributed by atoms with van der Waals surface area (Å²) in [4.78, 5) is 43.6. The van der Waals surface area contributed by atoms with Crippen molar-refractivity contribution in [3.05, 3.63) is 100.0 Å². The van der Waals surface area contributed by atoms with Crippen LogP contribution in [0.1, 0.15) is 46.8 Å². The van der Waals surface area contributed by atoms with E-state index in [9.17, 15) is 14.4 Å². The van der Waals surface area contributed by atoms with Gasteiger partial charge in [-0.05, 0) is 68.2 Å². The molecule has 0 bridgehead atoms. The van der Waals surface area contributed by atoms with Crippen molar-refractivity contribution in [1.29, 1.82) is 0 Å². The maximum absolute atomic E-state index is 13.6. The van der Waals surface area contributed by atoms with Crippen molar-refractivity contribution >= 4 is 41.4 Å². The topological polar surface area (TPSA) is 79.0 Å². The van der Waals surface area contributed by atoms with Crippen LogP contribution in [0, 0.1) is 6.92 Å². The highest BCUT2D eigenvalue weighted by Gasteiger charge is 2.29. The summed E-state index contributed by atoms with van der Waals surface area (Å²) < 4.78 is 5.06. The van der Waals surface area contributed by atoms with Crippen molar-refractivity contribution < 1.29 is 19.1 Å². The van der Waals surface area contributed by atoms with Crippen LogP contribution in [0.3, 0.4) is 0 Å². The van der Waals surface area contributed by atoms with Crippen LogP contribution in [0.4, 0.5) is 10.5 Å². The number of ether oxygens (including phenoxy) is 1. The fourth-order valence-corrected chi connectivity index (χ4v) is 6.04. The molecule has 3 aromatic rings. The number of hydrogen-bond acceptors (Lipinski definition) is 5. The van der Waals surface area contributed by atoms with Gasteiger partial charge < -0.3 is 19.9 Å². The monoisotopic (exact) mass is 555 g/mol. The molecule has 0 atom stereocenters. The Labute approximate surface area is 239 Å². The van der Waals surface area contributed by atoms with Crippen LogP contribution in [0.5, 0.6) is 0 Å². The first kappa shape index (κ1) is 27.5. The van der Waals surface area contributed by atoms with Gasteiger partial charge >= 0.3 is 6.09 Å². The van der Waals surface area contributed by atoms with E-state index in [0.29, 0.717) is 49.6 Å². The third-order valence-electron chi connectivity index (χ3n) is 7.08. The predicted octanol–water partition coefficient (Wildman–Crippen LogP) is 6.03. The number of nitrogens with zero attached hydrogens (tertiary/aromatic N) is 2. The molecule has 2 aliphatic heterocycles. The number of likely N-dealkylation sites (tertiary alicyclic amines) is 1. The summed E-state index contributed by atoms with van der Waals surface area (Å²) >= 11 is 1.47. The van der Waals surface area contributed by atoms with Crippen LogP contribution in [0.25, 0.3) is 6.08 Å². The first-order valence-corrected chi connectivity index (χ1v) is 14.4. The number of benzene rings is 3. The minimum Gasteiger partial charge on any atom is -0.450 e. The molecule has 8 heteroatoms. The number of nitrogens with one attached hydrogen (secondary N) is 1. The SMILES string of the molecule is CCOC(=O)N1CCC(NC(=O)c2ccc(/C=C3/Sc4ccccc4N(Cc4cccc(C)c4)C3=O)cc2)CC1. The summed E-state index contributed by atoms with van der Waals surface area (Å²) in [6.45, 7) is 5.81. The Morgan fingerprint density at radius 1 is 1.02 bits per heavy atom. The van der Waals surface area contributed by atoms with Gasteiger partial charge in [0.2, 0.25) is 0 Å². The Balaban J connectivity index is 1.26. The van der Waals surface area contributed by atoms with Gasteiger partial charge in [0, 0.05) is 29.6 Å². The van der Waals surface area contributed by atoms with E-state index in [0.717, 1.165) is 27.3 Å². The fourth-order valence-electron chi connectivity index (χ4n) is 4.98. The van der Waals surface area contributed by atoms with E-state index in [2.05, 4.69) is 24.4 Å². The maximum Gasteiger partial charge on any atom is 0.409 e. The van der Waals surface area contributed by atoms with Crippen LogP contribution in [0.15, 0.2) is 82.6 Å². The van der Waals surface area contributed by atoms with E-state index in [1.807, 2.05) is 59.5 Å². The van der Waals surface area contributed by atoms with E-state index >= 15 is 0 Å². The molecule has 2 aliphatic rings. The van der Waals surface area contributed by atoms with Gasteiger partial charge in [-0.3, -0.25) is 9.59 Å². The molecule has 1 N–H and O–H groups in total. The van der Waals surface area contributed by atoms with E-state index in [-0.39, 0.29) is 23.9 Å². The molecule has 206 valence electrons. The standard InChI is InChI=1S/C32H33N3O4S/c1-3-39-32(38)34-17-15-26(16-18-34)33-30(36)25-13-11-23(12-14-25)20-29-31(37)35(21-24-8-6-7-22(2)19-24)27-9-4-5-10-28(27)40-29/h4-14,19-20,26H,3,15-18,21H2,1-2H3,(H,33,36)/b29-20+. The highest BCUT2D eigenvalue weighted by Crippen LogP contribution is 2.42. The summed E-state index contributed by atoms with van der Waals surface area (Å²) in [5.41, 5.74) is 4.56. The van der Waals surface area contributed by atoms with Crippen LogP contribution in [0.2, 0.25) is 0 Å². The van der Waals surface area contributed by atoms with Gasteiger partial charge in [-0.15, -0.1) is 0 Å². The van der Waals surface area contributed by atoms with Crippen molar-refractivity contribution in [1.82, 2.24) is 10.2 Å². The van der Waals surface area contributed by atoms with Crippen LogP contribution >= 0.6 is 11.8 Å². The third-order valence-corrected chi connectivity index (χ3v) is 8.16. The van der Waals surface area contributed by atoms with Crippen molar-refractivity contribution in [2.75, 3.05) is 24.6 Å². The van der Waals surface area contributed by atoms with Gasteiger partial charge in [-0.2, -0.15) is 0 Å². The van der Waals surface area contributed by atoms with E-state index in [1.165, 1.54) is 11.8 Å². The third kappa shape index (κ3) is 6.39.